The van der Waals surface area contributed by atoms with E-state index in [1.54, 1.807) is 30.1 Å². The maximum atomic E-state index is 10.7. The molecule has 0 spiro atoms. The summed E-state index contributed by atoms with van der Waals surface area (Å²) >= 11 is 0. The molecular formula is C11H9N5O3. The third-order valence-electron chi connectivity index (χ3n) is 2.53. The van der Waals surface area contributed by atoms with Crippen molar-refractivity contribution >= 4 is 28.6 Å². The van der Waals surface area contributed by atoms with E-state index in [1.807, 2.05) is 0 Å². The van der Waals surface area contributed by atoms with E-state index in [0.717, 1.165) is 0 Å². The molecule has 0 unspecified atom stereocenters. The minimum absolute atomic E-state index is 0.0342. The first-order valence-electron chi connectivity index (χ1n) is 5.43. The number of nitrogens with one attached hydrogen (secondary N) is 1. The van der Waals surface area contributed by atoms with Crippen molar-refractivity contribution in [3.05, 3.63) is 40.6 Å². The van der Waals surface area contributed by atoms with E-state index in [-0.39, 0.29) is 11.7 Å². The van der Waals surface area contributed by atoms with E-state index >= 15 is 0 Å². The number of benzene rings is 1. The van der Waals surface area contributed by atoms with Crippen LogP contribution >= 0.6 is 0 Å². The van der Waals surface area contributed by atoms with Gasteiger partial charge in [-0.1, -0.05) is 0 Å². The number of nitrogens with zero attached hydrogens (tertiary/aromatic N) is 4. The van der Waals surface area contributed by atoms with Gasteiger partial charge in [-0.2, -0.15) is 10.1 Å². The molecule has 0 aliphatic rings. The van der Waals surface area contributed by atoms with Crippen molar-refractivity contribution in [2.45, 2.75) is 0 Å². The Kier molecular flexibility index (Phi) is 2.41. The van der Waals surface area contributed by atoms with Gasteiger partial charge < -0.3 is 4.42 Å². The number of nitro benzene ring substituents is 1. The molecule has 3 rings (SSSR count). The molecule has 0 saturated carbocycles. The van der Waals surface area contributed by atoms with Gasteiger partial charge >= 0.3 is 6.01 Å². The number of hydrogen-bond acceptors (Lipinski definition) is 6. The second kappa shape index (κ2) is 4.09. The lowest BCUT2D eigenvalue weighted by atomic mass is 10.3. The van der Waals surface area contributed by atoms with Gasteiger partial charge in [-0.05, 0) is 6.07 Å². The summed E-state index contributed by atoms with van der Waals surface area (Å²) in [5.74, 6) is 0.587. The van der Waals surface area contributed by atoms with E-state index < -0.39 is 4.92 Å². The fourth-order valence-corrected chi connectivity index (χ4v) is 1.67. The van der Waals surface area contributed by atoms with Crippen molar-refractivity contribution in [1.82, 2.24) is 14.8 Å². The van der Waals surface area contributed by atoms with Crippen LogP contribution < -0.4 is 5.32 Å². The molecule has 0 aliphatic heterocycles. The van der Waals surface area contributed by atoms with Gasteiger partial charge in [0.1, 0.15) is 5.52 Å². The molecule has 0 amide bonds. The predicted molar refractivity (Wildman–Crippen MR) is 67.2 cm³/mol. The first-order valence-corrected chi connectivity index (χ1v) is 5.43. The second-order valence-electron chi connectivity index (χ2n) is 3.93. The van der Waals surface area contributed by atoms with E-state index in [0.29, 0.717) is 16.9 Å². The largest absolute Gasteiger partial charge is 0.423 e. The normalized spacial score (nSPS) is 10.8. The summed E-state index contributed by atoms with van der Waals surface area (Å²) in [5.41, 5.74) is 0.865. The zero-order valence-electron chi connectivity index (χ0n) is 9.90. The summed E-state index contributed by atoms with van der Waals surface area (Å²) < 4.78 is 7.03. The number of rotatable bonds is 3. The Labute approximate surface area is 106 Å². The van der Waals surface area contributed by atoms with Crippen LogP contribution in [0.4, 0.5) is 17.5 Å². The Balaban J connectivity index is 1.95. The number of nitro groups is 1. The Morgan fingerprint density at radius 1 is 1.42 bits per heavy atom. The first-order chi connectivity index (χ1) is 9.11. The van der Waals surface area contributed by atoms with Crippen LogP contribution in [0.2, 0.25) is 0 Å². The highest BCUT2D eigenvalue weighted by Crippen LogP contribution is 2.24. The average Bonchev–Trinajstić information content (AvgIpc) is 2.94. The molecule has 96 valence electrons. The van der Waals surface area contributed by atoms with Gasteiger partial charge in [-0.3, -0.25) is 20.1 Å². The van der Waals surface area contributed by atoms with Crippen LogP contribution in [-0.4, -0.2) is 19.7 Å². The molecular weight excluding hydrogens is 250 g/mol. The number of fused-ring (bicyclic) bond motifs is 1. The lowest BCUT2D eigenvalue weighted by Gasteiger charge is -1.94. The molecule has 0 saturated heterocycles. The minimum atomic E-state index is -0.478. The van der Waals surface area contributed by atoms with Gasteiger partial charge in [0.2, 0.25) is 0 Å². The van der Waals surface area contributed by atoms with Crippen LogP contribution in [-0.2, 0) is 7.05 Å². The third kappa shape index (κ3) is 2.10. The van der Waals surface area contributed by atoms with Gasteiger partial charge in [0.25, 0.3) is 5.69 Å². The molecule has 0 aliphatic carbocycles. The second-order valence-corrected chi connectivity index (χ2v) is 3.93. The first kappa shape index (κ1) is 11.2. The highest BCUT2D eigenvalue weighted by atomic mass is 16.6. The summed E-state index contributed by atoms with van der Waals surface area (Å²) in [4.78, 5) is 14.4. The number of hydrogen-bond donors (Lipinski definition) is 1. The molecule has 0 atom stereocenters. The fourth-order valence-electron chi connectivity index (χ4n) is 1.67. The van der Waals surface area contributed by atoms with Gasteiger partial charge in [0, 0.05) is 25.4 Å². The van der Waals surface area contributed by atoms with Crippen LogP contribution in [0.3, 0.4) is 0 Å². The van der Waals surface area contributed by atoms with E-state index in [4.69, 9.17) is 4.42 Å². The lowest BCUT2D eigenvalue weighted by molar-refractivity contribution is -0.384. The lowest BCUT2D eigenvalue weighted by Crippen LogP contribution is -1.93. The molecule has 8 nitrogen and oxygen atoms in total. The topological polar surface area (TPSA) is 99.0 Å². The minimum Gasteiger partial charge on any atom is -0.423 e. The highest BCUT2D eigenvalue weighted by Gasteiger charge is 2.12. The Morgan fingerprint density at radius 2 is 2.26 bits per heavy atom. The monoisotopic (exact) mass is 259 g/mol. The van der Waals surface area contributed by atoms with Crippen molar-refractivity contribution in [3.63, 3.8) is 0 Å². The van der Waals surface area contributed by atoms with Gasteiger partial charge in [0.05, 0.1) is 11.0 Å². The summed E-state index contributed by atoms with van der Waals surface area (Å²) in [6.07, 6.45) is 1.77. The van der Waals surface area contributed by atoms with Crippen molar-refractivity contribution < 1.29 is 9.34 Å². The summed E-state index contributed by atoms with van der Waals surface area (Å²) in [6.45, 7) is 0. The molecule has 1 N–H and O–H groups in total. The SMILES string of the molecule is Cn1ccc(Nc2nc3ccc([N+](=O)[O-])cc3o2)n1. The smallest absolute Gasteiger partial charge is 0.301 e. The van der Waals surface area contributed by atoms with Crippen molar-refractivity contribution in [3.8, 4) is 0 Å². The van der Waals surface area contributed by atoms with Gasteiger partial charge in [-0.15, -0.1) is 0 Å². The van der Waals surface area contributed by atoms with Crippen molar-refractivity contribution in [2.24, 2.45) is 7.05 Å². The maximum Gasteiger partial charge on any atom is 0.301 e. The van der Waals surface area contributed by atoms with Gasteiger partial charge in [-0.25, -0.2) is 0 Å². The van der Waals surface area contributed by atoms with E-state index in [2.05, 4.69) is 15.4 Å². The van der Waals surface area contributed by atoms with E-state index in [9.17, 15) is 10.1 Å². The number of aryl methyl sites for hydroxylation is 1. The average molecular weight is 259 g/mol. The van der Waals surface area contributed by atoms with Crippen LogP contribution in [0.15, 0.2) is 34.9 Å². The molecule has 1 aromatic carbocycles. The Bertz CT molecular complexity index is 761. The van der Waals surface area contributed by atoms with E-state index in [1.165, 1.54) is 12.1 Å². The zero-order valence-corrected chi connectivity index (χ0v) is 9.90. The Morgan fingerprint density at radius 3 is 2.95 bits per heavy atom. The highest BCUT2D eigenvalue weighted by molar-refractivity contribution is 5.77. The molecule has 8 heteroatoms. The number of non-ortho nitro benzene ring substituents is 1. The molecule has 0 radical (unpaired) electrons. The van der Waals surface area contributed by atoms with Crippen LogP contribution in [0.25, 0.3) is 11.1 Å². The van der Waals surface area contributed by atoms with Crippen molar-refractivity contribution in [1.29, 1.82) is 0 Å². The summed E-state index contributed by atoms with van der Waals surface area (Å²) in [5, 5.41) is 17.7. The van der Waals surface area contributed by atoms with Crippen LogP contribution in [0, 0.1) is 10.1 Å². The summed E-state index contributed by atoms with van der Waals surface area (Å²) in [7, 11) is 1.79. The molecule has 2 aromatic heterocycles. The predicted octanol–water partition coefficient (Wildman–Crippen LogP) is 2.21. The number of oxazole rings is 1. The Hall–Kier alpha value is -2.90. The number of anilines is 2. The maximum absolute atomic E-state index is 10.7. The van der Waals surface area contributed by atoms with Gasteiger partial charge in [0.15, 0.2) is 11.4 Å². The molecule has 2 heterocycles. The third-order valence-corrected chi connectivity index (χ3v) is 2.53. The van der Waals surface area contributed by atoms with Crippen molar-refractivity contribution in [2.75, 3.05) is 5.32 Å². The van der Waals surface area contributed by atoms with Crippen LogP contribution in [0.5, 0.6) is 0 Å². The zero-order chi connectivity index (χ0) is 13.4. The standard InChI is InChI=1S/C11H9N5O3/c1-15-5-4-10(14-15)13-11-12-8-3-2-7(16(17)18)6-9(8)19-11/h2-6H,1H3,(H,12,13,14). The molecule has 0 bridgehead atoms. The fraction of sp³-hybridized carbons (Fsp3) is 0.0909. The molecule has 0 fully saturated rings. The quantitative estimate of drug-likeness (QED) is 0.571. The van der Waals surface area contributed by atoms with Crippen LogP contribution in [0.1, 0.15) is 0 Å². The molecule has 3 aromatic rings. The summed E-state index contributed by atoms with van der Waals surface area (Å²) in [6, 6.07) is 6.27. The number of aromatic nitrogens is 3. The molecule has 19 heavy (non-hydrogen) atoms.